The second-order valence-electron chi connectivity index (χ2n) is 1.84. The van der Waals surface area contributed by atoms with Crippen molar-refractivity contribution in [2.75, 3.05) is 0 Å². The zero-order valence-corrected chi connectivity index (χ0v) is 20.4. The first-order chi connectivity index (χ1) is 6.19. The minimum Gasteiger partial charge on any atom is -0.0891 e. The summed E-state index contributed by atoms with van der Waals surface area (Å²) in [7, 11) is 0. The summed E-state index contributed by atoms with van der Waals surface area (Å²) in [4.78, 5) is 0. The highest BCUT2D eigenvalue weighted by molar-refractivity contribution is 9.41. The van der Waals surface area contributed by atoms with E-state index in [-0.39, 0.29) is 5.88 Å². The predicted octanol–water partition coefficient (Wildman–Crippen LogP) is 7.98. The normalized spacial score (nSPS) is 13.6. The topological polar surface area (TPSA) is 0 Å². The van der Waals surface area contributed by atoms with E-state index in [1.54, 1.807) is 0 Å². The molecule has 0 amide bonds. The maximum Gasteiger partial charge on any atom is 0.228 e. The van der Waals surface area contributed by atoms with Gasteiger partial charge in [0.15, 0.2) is 4.84 Å². The van der Waals surface area contributed by atoms with Gasteiger partial charge in [0.05, 0.1) is 0 Å². The zero-order valence-electron chi connectivity index (χ0n) is 6.23. The molecule has 0 aromatic heterocycles. The molecule has 0 rings (SSSR count). The van der Waals surface area contributed by atoms with E-state index in [2.05, 4.69) is 112 Å². The molecule has 0 fully saturated rings. The molecule has 11 heteroatoms. The van der Waals surface area contributed by atoms with Crippen LogP contribution in [0, 0.1) is 0 Å². The lowest BCUT2D eigenvalue weighted by atomic mass is 10.9. The average Bonchev–Trinajstić information content (AvgIpc) is 1.80. The highest BCUT2D eigenvalue weighted by Crippen LogP contribution is 2.51. The Morgan fingerprint density at radius 3 is 0.867 bits per heavy atom. The fraction of sp³-hybridized carbons (Fsp3) is 1.00. The summed E-state index contributed by atoms with van der Waals surface area (Å²) >= 11 is 43.5. The first kappa shape index (κ1) is 21.8. The summed E-state index contributed by atoms with van der Waals surface area (Å²) in [6.45, 7) is 0. The van der Waals surface area contributed by atoms with Crippen LogP contribution in [0.4, 0.5) is 0 Å². The molecule has 0 radical (unpaired) electrons. The third-order valence-corrected chi connectivity index (χ3v) is 11.0. The third kappa shape index (κ3) is 13.3. The molecule has 0 saturated carbocycles. The molecule has 94 valence electrons. The third-order valence-electron chi connectivity index (χ3n) is 0.569. The second kappa shape index (κ2) is 8.73. The minimum atomic E-state index is -1.55. The van der Waals surface area contributed by atoms with E-state index in [0.717, 1.165) is 0 Å². The molecule has 0 aliphatic heterocycles. The number of rotatable bonds is 0. The molecule has 0 atom stereocenters. The van der Waals surface area contributed by atoms with Crippen LogP contribution in [0.2, 0.25) is 0 Å². The summed E-state index contributed by atoms with van der Waals surface area (Å²) < 4.78 is -2.77. The Morgan fingerprint density at radius 1 is 0.733 bits per heavy atom. The first-order valence-corrected chi connectivity index (χ1v) is 9.98. The fourth-order valence-electron chi connectivity index (χ4n) is 0. The molecule has 0 aliphatic carbocycles. The number of hydrogen-bond donors (Lipinski definition) is 0. The van der Waals surface area contributed by atoms with Gasteiger partial charge in [-0.3, -0.25) is 0 Å². The molecule has 0 bridgehead atoms. The molecule has 0 heterocycles. The molecular formula is C4HBr7Cl4. The second-order valence-corrected chi connectivity index (χ2v) is 19.0. The predicted molar refractivity (Wildman–Crippen MR) is 97.9 cm³/mol. The quantitative estimate of drug-likeness (QED) is 0.221. The van der Waals surface area contributed by atoms with E-state index >= 15 is 0 Å². The van der Waals surface area contributed by atoms with Gasteiger partial charge in [-0.25, -0.2) is 0 Å². The number of halogens is 11. The molecule has 0 saturated heterocycles. The van der Waals surface area contributed by atoms with Crippen LogP contribution in [0.3, 0.4) is 0 Å². The van der Waals surface area contributed by atoms with Gasteiger partial charge in [-0.2, -0.15) is 0 Å². The van der Waals surface area contributed by atoms with E-state index in [0.29, 0.717) is 0 Å². The van der Waals surface area contributed by atoms with Gasteiger partial charge in [0.2, 0.25) is 3.79 Å². The van der Waals surface area contributed by atoms with Crippen molar-refractivity contribution in [3.63, 3.8) is 0 Å². The van der Waals surface area contributed by atoms with Crippen molar-refractivity contribution in [1.29, 1.82) is 0 Å². The number of alkyl halides is 11. The van der Waals surface area contributed by atoms with Gasteiger partial charge in [0.1, 0.15) is 3.74 Å². The van der Waals surface area contributed by atoms with Crippen molar-refractivity contribution in [1.82, 2.24) is 0 Å². The standard InChI is InChI=1S/C2HBr5.C2Br2Cl4/c3-1(4)2(5,6)7;3-1(4,5)2(6,7)8/h1H;. The van der Waals surface area contributed by atoms with Crippen LogP contribution < -0.4 is 0 Å². The Labute approximate surface area is 167 Å². The van der Waals surface area contributed by atoms with E-state index in [4.69, 9.17) is 46.4 Å². The maximum absolute atomic E-state index is 5.45. The zero-order chi connectivity index (χ0) is 13.1. The minimum absolute atomic E-state index is 0.174. The van der Waals surface area contributed by atoms with E-state index in [9.17, 15) is 0 Å². The average molecular weight is 750 g/mol. The van der Waals surface area contributed by atoms with E-state index in [1.165, 1.54) is 0 Å². The SMILES string of the molecule is BrC(Br)C(Br)(Br)Br.ClC(Cl)(Cl)C(Cl)(Br)Br. The van der Waals surface area contributed by atoms with Crippen molar-refractivity contribution in [2.24, 2.45) is 0 Å². The maximum atomic E-state index is 5.45. The van der Waals surface area contributed by atoms with Crippen LogP contribution in [-0.4, -0.2) is 12.4 Å². The highest BCUT2D eigenvalue weighted by atomic mass is 80.0. The molecule has 0 aromatic rings. The molecule has 0 N–H and O–H groups in total. The Morgan fingerprint density at radius 2 is 0.867 bits per heavy atom. The van der Waals surface area contributed by atoms with Gasteiger partial charge in [0.25, 0.3) is 0 Å². The monoisotopic (exact) mass is 741 g/mol. The summed E-state index contributed by atoms with van der Waals surface area (Å²) in [6, 6.07) is 0. The van der Waals surface area contributed by atoms with Crippen molar-refractivity contribution in [3.8, 4) is 0 Å². The molecular weight excluding hydrogens is 749 g/mol. The van der Waals surface area contributed by atoms with Gasteiger partial charge in [-0.05, 0) is 0 Å². The van der Waals surface area contributed by atoms with Crippen LogP contribution >= 0.6 is 158 Å². The van der Waals surface area contributed by atoms with Gasteiger partial charge >= 0.3 is 0 Å². The van der Waals surface area contributed by atoms with Crippen LogP contribution in [-0.2, 0) is 0 Å². The fourth-order valence-corrected chi connectivity index (χ4v) is 0. The molecule has 0 spiro atoms. The lowest BCUT2D eigenvalue weighted by Gasteiger charge is -2.20. The van der Waals surface area contributed by atoms with Crippen LogP contribution in [0.5, 0.6) is 0 Å². The summed E-state index contributed by atoms with van der Waals surface area (Å²) in [5.41, 5.74) is 0. The van der Waals surface area contributed by atoms with Gasteiger partial charge in [-0.15, -0.1) is 0 Å². The lowest BCUT2D eigenvalue weighted by molar-refractivity contribution is 1.17. The Bertz CT molecular complexity index is 165. The molecule has 0 aromatic carbocycles. The molecule has 15 heavy (non-hydrogen) atoms. The van der Waals surface area contributed by atoms with Crippen molar-refractivity contribution < 1.29 is 0 Å². The largest absolute Gasteiger partial charge is 0.228 e. The van der Waals surface area contributed by atoms with Crippen LogP contribution in [0.15, 0.2) is 0 Å². The number of hydrogen-bond acceptors (Lipinski definition) is 0. The van der Waals surface area contributed by atoms with Gasteiger partial charge in [0, 0.05) is 0 Å². The van der Waals surface area contributed by atoms with Gasteiger partial charge < -0.3 is 0 Å². The smallest absolute Gasteiger partial charge is 0.0891 e. The van der Waals surface area contributed by atoms with Crippen molar-refractivity contribution in [3.05, 3.63) is 0 Å². The Balaban J connectivity index is 0. The highest BCUT2D eigenvalue weighted by Gasteiger charge is 2.42. The van der Waals surface area contributed by atoms with Crippen LogP contribution in [0.25, 0.3) is 0 Å². The first-order valence-electron chi connectivity index (χ1n) is 2.68. The summed E-state index contributed by atoms with van der Waals surface area (Å²) in [5.74, 6) is 0. The van der Waals surface area contributed by atoms with E-state index in [1.807, 2.05) is 0 Å². The lowest BCUT2D eigenvalue weighted by Crippen LogP contribution is -2.22. The van der Waals surface area contributed by atoms with Crippen LogP contribution in [0.1, 0.15) is 0 Å². The van der Waals surface area contributed by atoms with E-state index < -0.39 is 6.49 Å². The van der Waals surface area contributed by atoms with Crippen molar-refractivity contribution >= 4 is 158 Å². The molecule has 0 nitrogen and oxygen atoms in total. The Kier molecular flexibility index (Phi) is 12.7. The summed E-state index contributed by atoms with van der Waals surface area (Å²) in [6.07, 6.45) is 0. The molecule has 0 aliphatic rings. The Hall–Kier alpha value is 4.52. The summed E-state index contributed by atoms with van der Waals surface area (Å²) in [5, 5.41) is 0. The molecule has 0 unspecified atom stereocenters. The van der Waals surface area contributed by atoms with Gasteiger partial charge in [-0.1, -0.05) is 158 Å². The van der Waals surface area contributed by atoms with Crippen molar-refractivity contribution in [2.45, 2.75) is 12.4 Å².